The van der Waals surface area contributed by atoms with Gasteiger partial charge in [-0.05, 0) is 61.9 Å². The number of carbonyl (C=O) groups excluding carboxylic acids is 2. The summed E-state index contributed by atoms with van der Waals surface area (Å²) >= 11 is 0. The van der Waals surface area contributed by atoms with Crippen LogP contribution in [0, 0.1) is 10.8 Å². The van der Waals surface area contributed by atoms with Gasteiger partial charge < -0.3 is 9.47 Å². The number of hydrogen-bond donors (Lipinski definition) is 0. The molecule has 5 heteroatoms. The van der Waals surface area contributed by atoms with Crippen LogP contribution in [0.3, 0.4) is 0 Å². The molecule has 29 heavy (non-hydrogen) atoms. The number of piperidine rings is 2. The first-order chi connectivity index (χ1) is 13.7. The van der Waals surface area contributed by atoms with Crippen LogP contribution >= 0.6 is 0 Å². The Bertz CT molecular complexity index is 866. The predicted octanol–water partition coefficient (Wildman–Crippen LogP) is 3.52. The number of ketones is 1. The maximum atomic E-state index is 13.3. The summed E-state index contributed by atoms with van der Waals surface area (Å²) in [6.45, 7) is 8.57. The van der Waals surface area contributed by atoms with E-state index in [9.17, 15) is 9.59 Å². The van der Waals surface area contributed by atoms with Crippen LogP contribution in [0.1, 0.15) is 58.1 Å². The largest absolute Gasteiger partial charge is 0.497 e. The molecule has 1 saturated carbocycles. The normalized spacial score (nSPS) is 37.7. The van der Waals surface area contributed by atoms with E-state index in [2.05, 4.69) is 37.9 Å². The topological polar surface area (TPSA) is 55.8 Å². The highest BCUT2D eigenvalue weighted by molar-refractivity contribution is 6.05. The highest BCUT2D eigenvalue weighted by Crippen LogP contribution is 2.68. The Morgan fingerprint density at radius 2 is 1.93 bits per heavy atom. The summed E-state index contributed by atoms with van der Waals surface area (Å²) in [6, 6.07) is 6.54. The predicted molar refractivity (Wildman–Crippen MR) is 111 cm³/mol. The van der Waals surface area contributed by atoms with Gasteiger partial charge in [-0.15, -0.1) is 0 Å². The number of nitrogens with zero attached hydrogens (tertiary/aromatic N) is 1. The van der Waals surface area contributed by atoms with Gasteiger partial charge in [0.05, 0.1) is 13.7 Å². The molecule has 2 aliphatic heterocycles. The number of likely N-dealkylation sites (N-methyl/N-ethyl adjacent to an activating group) is 1. The van der Waals surface area contributed by atoms with Crippen molar-refractivity contribution in [2.45, 2.75) is 70.9 Å². The van der Waals surface area contributed by atoms with E-state index in [1.807, 2.05) is 19.9 Å². The van der Waals surface area contributed by atoms with E-state index in [0.717, 1.165) is 18.6 Å². The third kappa shape index (κ3) is 2.37. The molecule has 4 bridgehead atoms. The van der Waals surface area contributed by atoms with Crippen LogP contribution in [-0.4, -0.2) is 49.5 Å². The monoisotopic (exact) mass is 399 g/mol. The van der Waals surface area contributed by atoms with Crippen LogP contribution in [0.25, 0.3) is 0 Å². The van der Waals surface area contributed by atoms with E-state index < -0.39 is 5.41 Å². The van der Waals surface area contributed by atoms with Crippen LogP contribution < -0.4 is 4.74 Å². The summed E-state index contributed by atoms with van der Waals surface area (Å²) in [7, 11) is 3.79. The van der Waals surface area contributed by atoms with Gasteiger partial charge in [-0.1, -0.05) is 26.8 Å². The average Bonchev–Trinajstić information content (AvgIpc) is 2.71. The number of ether oxygens (including phenoxy) is 2. The number of Topliss-reactive ketones (excluding diaryl/α,β-unsaturated/α-hetero) is 1. The Morgan fingerprint density at radius 3 is 2.55 bits per heavy atom. The second-order valence-corrected chi connectivity index (χ2v) is 9.52. The number of hydrogen-bond acceptors (Lipinski definition) is 5. The lowest BCUT2D eigenvalue weighted by Crippen LogP contribution is -2.78. The van der Waals surface area contributed by atoms with Crippen molar-refractivity contribution in [3.8, 4) is 5.75 Å². The lowest BCUT2D eigenvalue weighted by Gasteiger charge is -2.71. The summed E-state index contributed by atoms with van der Waals surface area (Å²) in [6.07, 6.45) is 2.60. The molecule has 5 atom stereocenters. The van der Waals surface area contributed by atoms with E-state index in [4.69, 9.17) is 9.47 Å². The Labute approximate surface area is 173 Å². The molecule has 5 rings (SSSR count). The first-order valence-corrected chi connectivity index (χ1v) is 10.8. The fourth-order valence-corrected chi connectivity index (χ4v) is 6.88. The number of methoxy groups -OCH3 is 1. The number of fused-ring (bicyclic) bond motifs is 2. The fourth-order valence-electron chi connectivity index (χ4n) is 6.88. The van der Waals surface area contributed by atoms with Crippen molar-refractivity contribution < 1.29 is 19.1 Å². The summed E-state index contributed by atoms with van der Waals surface area (Å²) in [5.41, 5.74) is 1.26. The molecule has 0 radical (unpaired) electrons. The molecule has 1 aromatic rings. The van der Waals surface area contributed by atoms with Gasteiger partial charge in [0.1, 0.15) is 11.2 Å². The first-order valence-electron chi connectivity index (χ1n) is 10.8. The standard InChI is InChI=1S/C24H33NO4/c1-7-20(26)24(21(27)29-8-2)14-23(4)18-11-15-9-10-16(28-6)12-17(15)22(23,3)13-19(24)25(18)5/h9-10,12,18-19H,7-8,11,13-14H2,1-6H3/t18?,19?,22-,23+,24?/m0/s1. The second-order valence-electron chi connectivity index (χ2n) is 9.52. The first kappa shape index (κ1) is 20.4. The number of benzene rings is 1. The number of esters is 1. The van der Waals surface area contributed by atoms with Crippen molar-refractivity contribution in [2.24, 2.45) is 10.8 Å². The van der Waals surface area contributed by atoms with Crippen molar-refractivity contribution >= 4 is 11.8 Å². The second kappa shape index (κ2) is 6.56. The van der Waals surface area contributed by atoms with Gasteiger partial charge in [-0.25, -0.2) is 0 Å². The quantitative estimate of drug-likeness (QED) is 0.560. The van der Waals surface area contributed by atoms with E-state index in [1.165, 1.54) is 11.1 Å². The van der Waals surface area contributed by atoms with Gasteiger partial charge in [0.25, 0.3) is 0 Å². The SMILES string of the molecule is CCOC(=O)C1(C(=O)CC)C[C@]2(C)C3Cc4ccc(OC)cc4[C@]2(C)CC1N3C. The Hall–Kier alpha value is -1.88. The maximum Gasteiger partial charge on any atom is 0.321 e. The molecular weight excluding hydrogens is 366 g/mol. The van der Waals surface area contributed by atoms with E-state index >= 15 is 0 Å². The summed E-state index contributed by atoms with van der Waals surface area (Å²) in [5, 5.41) is 0. The maximum absolute atomic E-state index is 13.3. The molecule has 4 aliphatic rings. The molecule has 2 saturated heterocycles. The highest BCUT2D eigenvalue weighted by Gasteiger charge is 2.73. The molecule has 2 heterocycles. The van der Waals surface area contributed by atoms with Crippen LogP contribution in [0.5, 0.6) is 5.75 Å². The zero-order valence-electron chi connectivity index (χ0n) is 18.5. The third-order valence-corrected chi connectivity index (χ3v) is 8.58. The summed E-state index contributed by atoms with van der Waals surface area (Å²) in [4.78, 5) is 28.9. The van der Waals surface area contributed by atoms with Crippen LogP contribution in [0.15, 0.2) is 18.2 Å². The zero-order chi connectivity index (χ0) is 21.2. The van der Waals surface area contributed by atoms with Gasteiger partial charge in [0.15, 0.2) is 5.78 Å². The Kier molecular flexibility index (Phi) is 4.61. The molecule has 2 aliphatic carbocycles. The molecular formula is C24H33NO4. The zero-order valence-corrected chi connectivity index (χ0v) is 18.5. The molecule has 3 unspecified atom stereocenters. The molecule has 158 valence electrons. The molecule has 0 amide bonds. The number of carbonyl (C=O) groups is 2. The van der Waals surface area contributed by atoms with Crippen LogP contribution in [0.2, 0.25) is 0 Å². The van der Waals surface area contributed by atoms with Crippen LogP contribution in [-0.2, 0) is 26.2 Å². The van der Waals surface area contributed by atoms with Gasteiger partial charge in [-0.3, -0.25) is 14.5 Å². The van der Waals surface area contributed by atoms with E-state index in [0.29, 0.717) is 25.5 Å². The molecule has 5 nitrogen and oxygen atoms in total. The van der Waals surface area contributed by atoms with Crippen molar-refractivity contribution in [3.63, 3.8) is 0 Å². The Balaban J connectivity index is 1.90. The molecule has 3 fully saturated rings. The van der Waals surface area contributed by atoms with Crippen molar-refractivity contribution in [1.29, 1.82) is 0 Å². The van der Waals surface area contributed by atoms with Gasteiger partial charge in [0, 0.05) is 23.9 Å². The highest BCUT2D eigenvalue weighted by atomic mass is 16.5. The Morgan fingerprint density at radius 1 is 1.21 bits per heavy atom. The van der Waals surface area contributed by atoms with Crippen molar-refractivity contribution in [3.05, 3.63) is 29.3 Å². The van der Waals surface area contributed by atoms with Gasteiger partial charge >= 0.3 is 5.97 Å². The third-order valence-electron chi connectivity index (χ3n) is 8.58. The van der Waals surface area contributed by atoms with Crippen molar-refractivity contribution in [2.75, 3.05) is 20.8 Å². The molecule has 0 N–H and O–H groups in total. The van der Waals surface area contributed by atoms with Gasteiger partial charge in [0.2, 0.25) is 0 Å². The van der Waals surface area contributed by atoms with E-state index in [1.54, 1.807) is 7.11 Å². The minimum Gasteiger partial charge on any atom is -0.497 e. The number of rotatable bonds is 5. The lowest BCUT2D eigenvalue weighted by molar-refractivity contribution is -0.208. The van der Waals surface area contributed by atoms with Crippen molar-refractivity contribution in [1.82, 2.24) is 4.90 Å². The summed E-state index contributed by atoms with van der Waals surface area (Å²) in [5.74, 6) is 0.552. The van der Waals surface area contributed by atoms with Gasteiger partial charge in [-0.2, -0.15) is 0 Å². The smallest absolute Gasteiger partial charge is 0.321 e. The minimum atomic E-state index is -1.07. The average molecular weight is 400 g/mol. The summed E-state index contributed by atoms with van der Waals surface area (Å²) < 4.78 is 11.0. The fraction of sp³-hybridized carbons (Fsp3) is 0.667. The molecule has 0 spiro atoms. The van der Waals surface area contributed by atoms with E-state index in [-0.39, 0.29) is 28.6 Å². The minimum absolute atomic E-state index is 0.0194. The molecule has 0 aromatic heterocycles. The van der Waals surface area contributed by atoms with Crippen LogP contribution in [0.4, 0.5) is 0 Å². The lowest BCUT2D eigenvalue weighted by atomic mass is 9.39. The molecule has 1 aromatic carbocycles.